The number of Topliss-reactive ketones (excluding diaryl/α,β-unsaturated/α-hetero) is 1. The molecule has 1 heterocycles. The molecule has 3 rings (SSSR count). The van der Waals surface area contributed by atoms with Crippen LogP contribution in [0.15, 0.2) is 53.4 Å². The van der Waals surface area contributed by atoms with E-state index in [1.165, 1.54) is 40.7 Å². The number of hydrogen-bond donors (Lipinski definition) is 1. The first-order chi connectivity index (χ1) is 14.5. The summed E-state index contributed by atoms with van der Waals surface area (Å²) in [6.07, 6.45) is -4.99. The Morgan fingerprint density at radius 3 is 2.39 bits per heavy atom. The monoisotopic (exact) mass is 456 g/mol. The number of hydrogen-bond acceptors (Lipinski definition) is 5. The molecule has 0 bridgehead atoms. The van der Waals surface area contributed by atoms with Gasteiger partial charge in [-0.05, 0) is 44.2 Å². The summed E-state index contributed by atoms with van der Waals surface area (Å²) in [7, 11) is -3.82. The van der Waals surface area contributed by atoms with Crippen LogP contribution in [-0.2, 0) is 20.9 Å². The van der Waals surface area contributed by atoms with Gasteiger partial charge in [-0.15, -0.1) is 0 Å². The molecule has 6 nitrogen and oxygen atoms in total. The van der Waals surface area contributed by atoms with Crippen molar-refractivity contribution in [2.24, 2.45) is 0 Å². The zero-order chi connectivity index (χ0) is 22.8. The molecule has 2 aromatic carbocycles. The van der Waals surface area contributed by atoms with Crippen molar-refractivity contribution in [3.05, 3.63) is 59.7 Å². The van der Waals surface area contributed by atoms with Crippen LogP contribution in [-0.4, -0.2) is 50.3 Å². The highest BCUT2D eigenvalue weighted by atomic mass is 32.2. The number of benzene rings is 2. The van der Waals surface area contributed by atoms with Crippen LogP contribution < -0.4 is 5.32 Å². The molecular weight excluding hydrogens is 433 g/mol. The number of ketones is 1. The van der Waals surface area contributed by atoms with E-state index in [1.54, 1.807) is 13.8 Å². The van der Waals surface area contributed by atoms with Gasteiger partial charge in [-0.25, -0.2) is 8.42 Å². The molecule has 0 radical (unpaired) electrons. The lowest BCUT2D eigenvalue weighted by Gasteiger charge is -2.34. The maximum atomic E-state index is 13.0. The van der Waals surface area contributed by atoms with Crippen LogP contribution in [0.2, 0.25) is 0 Å². The highest BCUT2D eigenvalue weighted by Crippen LogP contribution is 2.30. The lowest BCUT2D eigenvalue weighted by atomic mass is 10.1. The molecule has 1 saturated heterocycles. The van der Waals surface area contributed by atoms with E-state index in [4.69, 9.17) is 4.74 Å². The molecule has 0 saturated carbocycles. The quantitative estimate of drug-likeness (QED) is 0.670. The van der Waals surface area contributed by atoms with Crippen molar-refractivity contribution in [2.75, 3.05) is 25.0 Å². The van der Waals surface area contributed by atoms with Crippen LogP contribution in [0, 0.1) is 0 Å². The van der Waals surface area contributed by atoms with Gasteiger partial charge >= 0.3 is 6.18 Å². The van der Waals surface area contributed by atoms with Gasteiger partial charge < -0.3 is 10.1 Å². The van der Waals surface area contributed by atoms with E-state index in [9.17, 15) is 26.4 Å². The zero-order valence-electron chi connectivity index (χ0n) is 17.0. The number of carbonyl (C=O) groups is 1. The minimum absolute atomic E-state index is 0.0151. The Kier molecular flexibility index (Phi) is 6.73. The Morgan fingerprint density at radius 1 is 1.10 bits per heavy atom. The highest BCUT2D eigenvalue weighted by Gasteiger charge is 2.33. The maximum Gasteiger partial charge on any atom is 0.416 e. The van der Waals surface area contributed by atoms with E-state index in [1.807, 2.05) is 0 Å². The van der Waals surface area contributed by atoms with Gasteiger partial charge in [0.25, 0.3) is 0 Å². The van der Waals surface area contributed by atoms with Crippen molar-refractivity contribution in [3.63, 3.8) is 0 Å². The molecule has 0 amide bonds. The normalized spacial score (nSPS) is 20.4. The van der Waals surface area contributed by atoms with Crippen molar-refractivity contribution >= 4 is 21.5 Å². The number of nitrogens with zero attached hydrogens (tertiary/aromatic N) is 1. The van der Waals surface area contributed by atoms with Gasteiger partial charge in [-0.2, -0.15) is 17.5 Å². The molecule has 0 spiro atoms. The van der Waals surface area contributed by atoms with Gasteiger partial charge in [-0.1, -0.05) is 18.2 Å². The third-order valence-corrected chi connectivity index (χ3v) is 6.65. The zero-order valence-corrected chi connectivity index (χ0v) is 17.8. The van der Waals surface area contributed by atoms with Crippen LogP contribution >= 0.6 is 0 Å². The van der Waals surface area contributed by atoms with Crippen molar-refractivity contribution in [2.45, 2.75) is 37.1 Å². The maximum absolute atomic E-state index is 13.0. The van der Waals surface area contributed by atoms with Crippen molar-refractivity contribution in [1.29, 1.82) is 0 Å². The standard InChI is InChI=1S/C21H23F3N2O4S/c1-14-12-26(13-15(2)30-14)31(28,29)19-8-3-5-16(9-19)20(27)11-25-18-7-4-6-17(10-18)21(22,23)24/h3-10,14-15,25H,11-13H2,1-2H3. The minimum atomic E-state index is -4.49. The van der Waals surface area contributed by atoms with Crippen LogP contribution in [0.3, 0.4) is 0 Å². The van der Waals surface area contributed by atoms with Crippen LogP contribution in [0.25, 0.3) is 0 Å². The molecular formula is C21H23F3N2O4S. The number of carbonyl (C=O) groups excluding carboxylic acids is 1. The Hall–Kier alpha value is -2.43. The first kappa shape index (κ1) is 23.2. The number of sulfonamides is 1. The molecule has 168 valence electrons. The van der Waals surface area contributed by atoms with Crippen molar-refractivity contribution < 1.29 is 31.1 Å². The average molecular weight is 456 g/mol. The van der Waals surface area contributed by atoms with Gasteiger partial charge in [0, 0.05) is 24.3 Å². The summed E-state index contributed by atoms with van der Waals surface area (Å²) in [5.74, 6) is -0.446. The van der Waals surface area contributed by atoms with E-state index in [2.05, 4.69) is 5.32 Å². The molecule has 1 aliphatic heterocycles. The smallest absolute Gasteiger partial charge is 0.378 e. The van der Waals surface area contributed by atoms with Crippen LogP contribution in [0.4, 0.5) is 18.9 Å². The van der Waals surface area contributed by atoms with E-state index in [0.29, 0.717) is 0 Å². The fourth-order valence-corrected chi connectivity index (χ4v) is 5.03. The van der Waals surface area contributed by atoms with E-state index in [0.717, 1.165) is 12.1 Å². The second kappa shape index (κ2) is 8.97. The fourth-order valence-electron chi connectivity index (χ4n) is 3.40. The summed E-state index contributed by atoms with van der Waals surface area (Å²) in [4.78, 5) is 12.5. The summed E-state index contributed by atoms with van der Waals surface area (Å²) in [5, 5.41) is 2.66. The van der Waals surface area contributed by atoms with Gasteiger partial charge in [0.05, 0.1) is 29.2 Å². The molecule has 31 heavy (non-hydrogen) atoms. The number of morpholine rings is 1. The molecule has 2 unspecified atom stereocenters. The summed E-state index contributed by atoms with van der Waals surface area (Å²) in [6.45, 7) is 3.72. The van der Waals surface area contributed by atoms with Crippen LogP contribution in [0.5, 0.6) is 0 Å². The molecule has 10 heteroatoms. The molecule has 1 aliphatic rings. The summed E-state index contributed by atoms with van der Waals surface area (Å²) >= 11 is 0. The second-order valence-corrected chi connectivity index (χ2v) is 9.40. The number of ether oxygens (including phenoxy) is 1. The Morgan fingerprint density at radius 2 is 1.74 bits per heavy atom. The summed E-state index contributed by atoms with van der Waals surface area (Å²) < 4.78 is 71.4. The lowest BCUT2D eigenvalue weighted by Crippen LogP contribution is -2.48. The van der Waals surface area contributed by atoms with Crippen molar-refractivity contribution in [3.8, 4) is 0 Å². The molecule has 1 N–H and O–H groups in total. The molecule has 2 aromatic rings. The first-order valence-corrected chi connectivity index (χ1v) is 11.1. The third kappa shape index (κ3) is 5.63. The predicted octanol–water partition coefficient (Wildman–Crippen LogP) is 3.80. The minimum Gasteiger partial charge on any atom is -0.378 e. The fraction of sp³-hybridized carbons (Fsp3) is 0.381. The topological polar surface area (TPSA) is 75.7 Å². The highest BCUT2D eigenvalue weighted by molar-refractivity contribution is 7.89. The van der Waals surface area contributed by atoms with Gasteiger partial charge in [0.15, 0.2) is 5.78 Å². The van der Waals surface area contributed by atoms with Gasteiger partial charge in [0.2, 0.25) is 10.0 Å². The van der Waals surface area contributed by atoms with Gasteiger partial charge in [0.1, 0.15) is 0 Å². The molecule has 1 fully saturated rings. The van der Waals surface area contributed by atoms with E-state index in [-0.39, 0.29) is 48.0 Å². The Bertz CT molecular complexity index is 1050. The Labute approximate surface area is 179 Å². The number of alkyl halides is 3. The largest absolute Gasteiger partial charge is 0.416 e. The average Bonchev–Trinajstić information content (AvgIpc) is 2.71. The van der Waals surface area contributed by atoms with Crippen molar-refractivity contribution in [1.82, 2.24) is 4.31 Å². The predicted molar refractivity (Wildman–Crippen MR) is 109 cm³/mol. The van der Waals surface area contributed by atoms with Gasteiger partial charge in [-0.3, -0.25) is 4.79 Å². The lowest BCUT2D eigenvalue weighted by molar-refractivity contribution is -0.137. The SMILES string of the molecule is CC1CN(S(=O)(=O)c2cccc(C(=O)CNc3cccc(C(F)(F)F)c3)c2)CC(C)O1. The Balaban J connectivity index is 1.73. The first-order valence-electron chi connectivity index (χ1n) is 9.67. The number of anilines is 1. The summed E-state index contributed by atoms with van der Waals surface area (Å²) in [5.41, 5.74) is -0.537. The van der Waals surface area contributed by atoms with Crippen LogP contribution in [0.1, 0.15) is 29.8 Å². The number of halogens is 3. The second-order valence-electron chi connectivity index (χ2n) is 7.46. The van der Waals surface area contributed by atoms with E-state index >= 15 is 0 Å². The van der Waals surface area contributed by atoms with E-state index < -0.39 is 27.5 Å². The summed E-state index contributed by atoms with van der Waals surface area (Å²) in [6, 6.07) is 10.2. The third-order valence-electron chi connectivity index (χ3n) is 4.82. The number of nitrogens with one attached hydrogen (secondary N) is 1. The molecule has 0 aliphatic carbocycles. The number of rotatable bonds is 6. The molecule has 2 atom stereocenters. The molecule has 0 aromatic heterocycles.